The van der Waals surface area contributed by atoms with E-state index >= 15 is 0 Å². The van der Waals surface area contributed by atoms with Crippen LogP contribution in [0.25, 0.3) is 11.8 Å². The highest BCUT2D eigenvalue weighted by molar-refractivity contribution is 5.84. The molecule has 27 heavy (non-hydrogen) atoms. The average molecular weight is 356 g/mol. The smallest absolute Gasteiger partial charge is 0.150 e. The molecule has 1 aliphatic rings. The van der Waals surface area contributed by atoms with Crippen molar-refractivity contribution < 1.29 is 0 Å². The minimum absolute atomic E-state index is 0.481. The first-order valence-corrected chi connectivity index (χ1v) is 8.73. The first kappa shape index (κ1) is 16.8. The van der Waals surface area contributed by atoms with E-state index in [4.69, 9.17) is 5.73 Å². The molecular weight excluding hydrogens is 336 g/mol. The summed E-state index contributed by atoms with van der Waals surface area (Å²) >= 11 is 0. The Morgan fingerprint density at radius 1 is 1.15 bits per heavy atom. The van der Waals surface area contributed by atoms with Crippen LogP contribution in [0.15, 0.2) is 67.3 Å². The molecule has 0 saturated carbocycles. The monoisotopic (exact) mass is 356 g/mol. The fourth-order valence-electron chi connectivity index (χ4n) is 3.18. The van der Waals surface area contributed by atoms with Gasteiger partial charge in [0, 0.05) is 36.4 Å². The van der Waals surface area contributed by atoms with E-state index in [1.165, 1.54) is 5.56 Å². The molecule has 0 fully saturated rings. The van der Waals surface area contributed by atoms with Gasteiger partial charge < -0.3 is 16.0 Å². The van der Waals surface area contributed by atoms with E-state index in [0.29, 0.717) is 17.5 Å². The fourth-order valence-corrected chi connectivity index (χ4v) is 3.18. The molecule has 0 atom stereocenters. The van der Waals surface area contributed by atoms with E-state index < -0.39 is 0 Å². The summed E-state index contributed by atoms with van der Waals surface area (Å²) in [4.78, 5) is 15.0. The maximum atomic E-state index is 6.33. The normalized spacial score (nSPS) is 14.3. The number of rotatable bonds is 4. The molecule has 6 nitrogen and oxygen atoms in total. The SMILES string of the molecule is CC=C1c2c(cc(Nc3cnccn3)nc2N)C=CN1Cc1ccccc1. The van der Waals surface area contributed by atoms with Crippen molar-refractivity contribution in [1.29, 1.82) is 0 Å². The molecule has 0 bridgehead atoms. The fraction of sp³-hybridized carbons (Fsp3) is 0.0952. The van der Waals surface area contributed by atoms with Crippen LogP contribution in [0.2, 0.25) is 0 Å². The molecule has 1 aromatic carbocycles. The van der Waals surface area contributed by atoms with Crippen LogP contribution in [-0.4, -0.2) is 19.9 Å². The zero-order valence-corrected chi connectivity index (χ0v) is 15.0. The van der Waals surface area contributed by atoms with Gasteiger partial charge in [-0.05, 0) is 30.2 Å². The Morgan fingerprint density at radius 3 is 2.74 bits per heavy atom. The van der Waals surface area contributed by atoms with Gasteiger partial charge in [-0.25, -0.2) is 9.97 Å². The summed E-state index contributed by atoms with van der Waals surface area (Å²) in [6.45, 7) is 2.79. The highest BCUT2D eigenvalue weighted by Crippen LogP contribution is 2.35. The van der Waals surface area contributed by atoms with Gasteiger partial charge in [0.05, 0.1) is 6.20 Å². The molecule has 0 radical (unpaired) electrons. The number of aromatic nitrogens is 3. The number of allylic oxidation sites excluding steroid dienone is 1. The summed E-state index contributed by atoms with van der Waals surface area (Å²) in [5, 5.41) is 3.15. The number of fused-ring (bicyclic) bond motifs is 1. The summed E-state index contributed by atoms with van der Waals surface area (Å²) in [6, 6.07) is 12.3. The standard InChI is InChI=1S/C21H20N6/c1-2-17-20-16(8-11-27(17)14-15-6-4-3-5-7-15)12-18(26-21(20)22)25-19-13-23-9-10-24-19/h2-13H,14H2,1H3,(H3,22,24,25,26). The molecule has 0 spiro atoms. The van der Waals surface area contributed by atoms with Crippen LogP contribution < -0.4 is 11.1 Å². The molecule has 0 unspecified atom stereocenters. The van der Waals surface area contributed by atoms with E-state index in [2.05, 4.69) is 55.7 Å². The molecule has 0 aliphatic carbocycles. The molecule has 0 amide bonds. The molecule has 6 heteroatoms. The Hall–Kier alpha value is -3.67. The second-order valence-corrected chi connectivity index (χ2v) is 6.18. The lowest BCUT2D eigenvalue weighted by atomic mass is 10.0. The van der Waals surface area contributed by atoms with Crippen molar-refractivity contribution in [2.45, 2.75) is 13.5 Å². The van der Waals surface area contributed by atoms with Crippen molar-refractivity contribution in [3.63, 3.8) is 0 Å². The Balaban J connectivity index is 1.65. The van der Waals surface area contributed by atoms with Gasteiger partial charge in [-0.2, -0.15) is 0 Å². The predicted octanol–water partition coefficient (Wildman–Crippen LogP) is 4.04. The molecule has 2 aromatic heterocycles. The van der Waals surface area contributed by atoms with Gasteiger partial charge in [-0.15, -0.1) is 0 Å². The molecule has 3 aromatic rings. The number of hydrogen-bond donors (Lipinski definition) is 2. The van der Waals surface area contributed by atoms with Gasteiger partial charge in [0.25, 0.3) is 0 Å². The summed E-state index contributed by atoms with van der Waals surface area (Å²) in [7, 11) is 0. The molecule has 134 valence electrons. The quantitative estimate of drug-likeness (QED) is 0.734. The zero-order chi connectivity index (χ0) is 18.6. The second kappa shape index (κ2) is 7.29. The minimum atomic E-state index is 0.481. The largest absolute Gasteiger partial charge is 0.383 e. The number of nitrogens with one attached hydrogen (secondary N) is 1. The van der Waals surface area contributed by atoms with Crippen molar-refractivity contribution in [2.75, 3.05) is 11.1 Å². The first-order valence-electron chi connectivity index (χ1n) is 8.73. The van der Waals surface area contributed by atoms with Crippen LogP contribution in [0.5, 0.6) is 0 Å². The number of nitrogen functional groups attached to an aromatic ring is 1. The third kappa shape index (κ3) is 3.50. The molecule has 3 N–H and O–H groups in total. The third-order valence-corrected chi connectivity index (χ3v) is 4.37. The number of nitrogens with zero attached hydrogens (tertiary/aromatic N) is 4. The lowest BCUT2D eigenvalue weighted by Crippen LogP contribution is -2.20. The van der Waals surface area contributed by atoms with Gasteiger partial charge in [0.2, 0.25) is 0 Å². The third-order valence-electron chi connectivity index (χ3n) is 4.37. The van der Waals surface area contributed by atoms with Gasteiger partial charge >= 0.3 is 0 Å². The van der Waals surface area contributed by atoms with E-state index in [1.54, 1.807) is 18.6 Å². The summed E-state index contributed by atoms with van der Waals surface area (Å²) < 4.78 is 0. The molecule has 3 heterocycles. The van der Waals surface area contributed by atoms with Crippen molar-refractivity contribution in [3.8, 4) is 0 Å². The van der Waals surface area contributed by atoms with Gasteiger partial charge in [-0.1, -0.05) is 36.4 Å². The van der Waals surface area contributed by atoms with E-state index in [0.717, 1.165) is 23.4 Å². The summed E-state index contributed by atoms with van der Waals surface area (Å²) in [6.07, 6.45) is 11.1. The number of hydrogen-bond acceptors (Lipinski definition) is 6. The van der Waals surface area contributed by atoms with E-state index in [1.807, 2.05) is 31.2 Å². The van der Waals surface area contributed by atoms with E-state index in [-0.39, 0.29) is 0 Å². The van der Waals surface area contributed by atoms with Crippen molar-refractivity contribution in [2.24, 2.45) is 0 Å². The van der Waals surface area contributed by atoms with Crippen LogP contribution in [0.3, 0.4) is 0 Å². The van der Waals surface area contributed by atoms with Crippen molar-refractivity contribution in [1.82, 2.24) is 19.9 Å². The maximum Gasteiger partial charge on any atom is 0.150 e. The Labute approximate surface area is 158 Å². The lowest BCUT2D eigenvalue weighted by Gasteiger charge is -2.29. The first-order chi connectivity index (χ1) is 13.2. The Morgan fingerprint density at radius 2 is 2.00 bits per heavy atom. The summed E-state index contributed by atoms with van der Waals surface area (Å²) in [5.74, 6) is 1.75. The Bertz CT molecular complexity index is 996. The maximum absolute atomic E-state index is 6.33. The Kier molecular flexibility index (Phi) is 4.53. The van der Waals surface area contributed by atoms with Crippen molar-refractivity contribution in [3.05, 3.63) is 84.0 Å². The number of nitrogens with two attached hydrogens (primary N) is 1. The topological polar surface area (TPSA) is 80.0 Å². The summed E-state index contributed by atoms with van der Waals surface area (Å²) in [5.41, 5.74) is 10.6. The number of benzene rings is 1. The number of pyridine rings is 1. The predicted molar refractivity (Wildman–Crippen MR) is 109 cm³/mol. The van der Waals surface area contributed by atoms with Crippen LogP contribution in [0.1, 0.15) is 23.6 Å². The average Bonchev–Trinajstić information content (AvgIpc) is 2.70. The lowest BCUT2D eigenvalue weighted by molar-refractivity contribution is 0.525. The minimum Gasteiger partial charge on any atom is -0.383 e. The van der Waals surface area contributed by atoms with Gasteiger partial charge in [0.1, 0.15) is 17.5 Å². The highest BCUT2D eigenvalue weighted by atomic mass is 15.1. The van der Waals surface area contributed by atoms with Gasteiger partial charge in [0.15, 0.2) is 0 Å². The van der Waals surface area contributed by atoms with E-state index in [9.17, 15) is 0 Å². The zero-order valence-electron chi connectivity index (χ0n) is 15.0. The molecular formula is C21H20N6. The van der Waals surface area contributed by atoms with Crippen LogP contribution in [0, 0.1) is 0 Å². The number of anilines is 3. The van der Waals surface area contributed by atoms with Crippen LogP contribution >= 0.6 is 0 Å². The highest BCUT2D eigenvalue weighted by Gasteiger charge is 2.21. The van der Waals surface area contributed by atoms with Crippen LogP contribution in [-0.2, 0) is 6.54 Å². The van der Waals surface area contributed by atoms with Crippen LogP contribution in [0.4, 0.5) is 17.5 Å². The molecule has 4 rings (SSSR count). The van der Waals surface area contributed by atoms with Gasteiger partial charge in [-0.3, -0.25) is 4.98 Å². The second-order valence-electron chi connectivity index (χ2n) is 6.18. The molecule has 1 aliphatic heterocycles. The molecule has 0 saturated heterocycles. The van der Waals surface area contributed by atoms with Crippen molar-refractivity contribution >= 4 is 29.2 Å².